The van der Waals surface area contributed by atoms with Crippen molar-refractivity contribution in [2.45, 2.75) is 37.8 Å². The zero-order valence-corrected chi connectivity index (χ0v) is 18.1. The summed E-state index contributed by atoms with van der Waals surface area (Å²) in [6.45, 7) is 0. The molecule has 1 aromatic carbocycles. The molecule has 0 aliphatic heterocycles. The molecule has 1 aliphatic carbocycles. The molecule has 5 N–H and O–H groups in total. The fourth-order valence-electron chi connectivity index (χ4n) is 3.59. The van der Waals surface area contributed by atoms with Gasteiger partial charge in [-0.1, -0.05) is 0 Å². The minimum Gasteiger partial charge on any atom is -0.445 e. The van der Waals surface area contributed by atoms with Crippen molar-refractivity contribution < 1.29 is 24.6 Å². The number of nitrogen functional groups attached to an aromatic ring is 1. The number of benzene rings is 1. The predicted molar refractivity (Wildman–Crippen MR) is 119 cm³/mol. The van der Waals surface area contributed by atoms with E-state index in [1.165, 1.54) is 13.2 Å². The van der Waals surface area contributed by atoms with Crippen LogP contribution >= 0.6 is 0 Å². The molecule has 166 valence electrons. The summed E-state index contributed by atoms with van der Waals surface area (Å²) in [5.41, 5.74) is 8.75. The maximum Gasteiger partial charge on any atom is 0.417 e. The Balaban J connectivity index is 1.88. The number of nitrogens with one attached hydrogen (secondary N) is 1. The Morgan fingerprint density at radius 2 is 2.00 bits per heavy atom. The van der Waals surface area contributed by atoms with Crippen LogP contribution in [0.2, 0.25) is 0 Å². The van der Waals surface area contributed by atoms with Gasteiger partial charge in [-0.25, -0.2) is 0 Å². The van der Waals surface area contributed by atoms with E-state index in [9.17, 15) is 15.1 Å². The van der Waals surface area contributed by atoms with Crippen LogP contribution in [-0.4, -0.2) is 55.8 Å². The molecule has 1 aliphatic rings. The molecule has 0 bridgehead atoms. The van der Waals surface area contributed by atoms with Crippen molar-refractivity contribution in [3.05, 3.63) is 41.6 Å². The maximum atomic E-state index is 12.9. The number of pyridine rings is 1. The lowest BCUT2D eigenvalue weighted by Crippen LogP contribution is -2.40. The van der Waals surface area contributed by atoms with Crippen LogP contribution in [0.3, 0.4) is 0 Å². The van der Waals surface area contributed by atoms with Crippen molar-refractivity contribution in [1.29, 1.82) is 0 Å². The number of aliphatic imine (C=N–C) groups is 1. The summed E-state index contributed by atoms with van der Waals surface area (Å²) in [7, 11) is 5.11. The number of rotatable bonds is 6. The van der Waals surface area contributed by atoms with Gasteiger partial charge in [-0.05, 0) is 43.9 Å². The molecule has 0 spiro atoms. The lowest BCUT2D eigenvalue weighted by Gasteiger charge is -2.22. The third kappa shape index (κ3) is 5.24. The number of anilines is 3. The number of carbonyl (C=O) groups is 1. The number of nitrogens with zero attached hydrogens (tertiary/aromatic N) is 3. The molecule has 1 amide bonds. The van der Waals surface area contributed by atoms with Gasteiger partial charge in [-0.3, -0.25) is 15.0 Å². The van der Waals surface area contributed by atoms with E-state index in [2.05, 4.69) is 10.3 Å². The number of aromatic nitrogens is 1. The summed E-state index contributed by atoms with van der Waals surface area (Å²) in [5, 5.41) is 22.7. The standard InChI is InChI=1S/C22H29N5O4/c1-26(2)20-12-17(23)14(13-24-15-7-9-16(28)10-8-15)11-18(20)25-22(29)19-5-4-6-21(31-3)27(19)30/h4-6,11-13,15-16,23,28-30H,7-10H2,1-3H3/p+1. The molecule has 9 nitrogen and oxygen atoms in total. The quantitative estimate of drug-likeness (QED) is 0.241. The van der Waals surface area contributed by atoms with E-state index in [1.54, 1.807) is 30.5 Å². The Labute approximate surface area is 181 Å². The largest absolute Gasteiger partial charge is 0.445 e. The van der Waals surface area contributed by atoms with Gasteiger partial charge in [0.15, 0.2) is 0 Å². The fraction of sp³-hybridized carbons (Fsp3) is 0.409. The summed E-state index contributed by atoms with van der Waals surface area (Å²) in [4.78, 5) is 19.3. The van der Waals surface area contributed by atoms with Gasteiger partial charge in [0, 0.05) is 37.6 Å². The average Bonchev–Trinajstić information content (AvgIpc) is 2.74. The predicted octanol–water partition coefficient (Wildman–Crippen LogP) is 1.84. The summed E-state index contributed by atoms with van der Waals surface area (Å²) in [5.74, 6) is -0.360. The molecule has 2 aromatic rings. The van der Waals surface area contributed by atoms with Gasteiger partial charge in [-0.2, -0.15) is 0 Å². The SMILES string of the molecule is COc1cccc(C(=O)Nc2cc(C=NC3CCC(O)CC3)c(N)cc2N(C)C)[n+]1O. The highest BCUT2D eigenvalue weighted by molar-refractivity contribution is 6.05. The third-order valence-electron chi connectivity index (χ3n) is 5.39. The smallest absolute Gasteiger partial charge is 0.417 e. The maximum absolute atomic E-state index is 12.9. The molecule has 1 fully saturated rings. The van der Waals surface area contributed by atoms with Crippen molar-refractivity contribution in [2.75, 3.05) is 37.2 Å². The van der Waals surface area contributed by atoms with E-state index >= 15 is 0 Å². The molecule has 0 atom stereocenters. The van der Waals surface area contributed by atoms with E-state index in [-0.39, 0.29) is 23.7 Å². The summed E-state index contributed by atoms with van der Waals surface area (Å²) in [6, 6.07) is 8.36. The first-order chi connectivity index (χ1) is 14.8. The zero-order chi connectivity index (χ0) is 22.5. The van der Waals surface area contributed by atoms with E-state index in [1.807, 2.05) is 19.0 Å². The van der Waals surface area contributed by atoms with Gasteiger partial charge < -0.3 is 25.8 Å². The lowest BCUT2D eigenvalue weighted by atomic mass is 9.93. The van der Waals surface area contributed by atoms with E-state index in [0.717, 1.165) is 31.4 Å². The second-order valence-electron chi connectivity index (χ2n) is 7.85. The summed E-state index contributed by atoms with van der Waals surface area (Å²) in [6.07, 6.45) is 4.67. The molecule has 0 unspecified atom stereocenters. The van der Waals surface area contributed by atoms with Crippen molar-refractivity contribution in [3.8, 4) is 5.88 Å². The van der Waals surface area contributed by atoms with E-state index in [0.29, 0.717) is 21.7 Å². The average molecular weight is 429 g/mol. The van der Waals surface area contributed by atoms with Gasteiger partial charge in [0.2, 0.25) is 0 Å². The topological polar surface area (TPSA) is 124 Å². The Morgan fingerprint density at radius 1 is 1.29 bits per heavy atom. The second-order valence-corrected chi connectivity index (χ2v) is 7.85. The van der Waals surface area contributed by atoms with Crippen LogP contribution in [-0.2, 0) is 0 Å². The highest BCUT2D eigenvalue weighted by Gasteiger charge is 2.25. The molecule has 1 saturated carbocycles. The second kappa shape index (κ2) is 9.65. The molecule has 0 radical (unpaired) electrons. The van der Waals surface area contributed by atoms with Crippen molar-refractivity contribution in [2.24, 2.45) is 4.99 Å². The number of aliphatic hydroxyl groups is 1. The van der Waals surface area contributed by atoms with Crippen LogP contribution in [0.15, 0.2) is 35.3 Å². The van der Waals surface area contributed by atoms with Crippen molar-refractivity contribution in [1.82, 2.24) is 0 Å². The number of nitrogens with two attached hydrogens (primary N) is 1. The number of hydrogen-bond acceptors (Lipinski definition) is 7. The highest BCUT2D eigenvalue weighted by Crippen LogP contribution is 2.30. The molecule has 1 heterocycles. The first kappa shape index (κ1) is 22.4. The minimum atomic E-state index is -0.501. The highest BCUT2D eigenvalue weighted by atomic mass is 16.5. The van der Waals surface area contributed by atoms with Crippen LogP contribution in [0.1, 0.15) is 41.7 Å². The fourth-order valence-corrected chi connectivity index (χ4v) is 3.59. The van der Waals surface area contributed by atoms with Crippen molar-refractivity contribution >= 4 is 29.2 Å². The number of methoxy groups -OCH3 is 1. The Bertz CT molecular complexity index is 969. The van der Waals surface area contributed by atoms with Crippen LogP contribution in [0.4, 0.5) is 17.1 Å². The minimum absolute atomic E-state index is 0.0249. The lowest BCUT2D eigenvalue weighted by molar-refractivity contribution is -0.907. The molecule has 0 saturated heterocycles. The summed E-state index contributed by atoms with van der Waals surface area (Å²) >= 11 is 0. The summed E-state index contributed by atoms with van der Waals surface area (Å²) < 4.78 is 5.75. The van der Waals surface area contributed by atoms with Gasteiger partial charge >= 0.3 is 17.5 Å². The zero-order valence-electron chi connectivity index (χ0n) is 18.1. The Morgan fingerprint density at radius 3 is 2.65 bits per heavy atom. The van der Waals surface area contributed by atoms with Gasteiger partial charge in [0.05, 0.1) is 41.4 Å². The number of carbonyl (C=O) groups excluding carboxylic acids is 1. The monoisotopic (exact) mass is 428 g/mol. The molecular weight excluding hydrogens is 398 g/mol. The number of amides is 1. The van der Waals surface area contributed by atoms with Crippen LogP contribution < -0.4 is 25.4 Å². The third-order valence-corrected chi connectivity index (χ3v) is 5.39. The molecular formula is C22H30N5O4+. The van der Waals surface area contributed by atoms with E-state index < -0.39 is 5.91 Å². The van der Waals surface area contributed by atoms with Crippen LogP contribution in [0, 0.1) is 0 Å². The normalized spacial score (nSPS) is 18.7. The molecule has 9 heteroatoms. The molecule has 31 heavy (non-hydrogen) atoms. The molecule has 1 aromatic heterocycles. The number of ether oxygens (including phenoxy) is 1. The Hall–Kier alpha value is -3.33. The Kier molecular flexibility index (Phi) is 6.96. The molecule has 3 rings (SSSR count). The first-order valence-corrected chi connectivity index (χ1v) is 10.2. The van der Waals surface area contributed by atoms with Crippen LogP contribution in [0.25, 0.3) is 0 Å². The van der Waals surface area contributed by atoms with Gasteiger partial charge in [-0.15, -0.1) is 0 Å². The van der Waals surface area contributed by atoms with Gasteiger partial charge in [0.25, 0.3) is 0 Å². The van der Waals surface area contributed by atoms with Gasteiger partial charge in [0.1, 0.15) is 0 Å². The van der Waals surface area contributed by atoms with Crippen LogP contribution in [0.5, 0.6) is 5.88 Å². The van der Waals surface area contributed by atoms with E-state index in [4.69, 9.17) is 10.5 Å². The number of hydrogen-bond donors (Lipinski definition) is 4. The number of aliphatic hydroxyl groups excluding tert-OH is 1. The first-order valence-electron chi connectivity index (χ1n) is 10.2. The van der Waals surface area contributed by atoms with Crippen molar-refractivity contribution in [3.63, 3.8) is 0 Å².